The molecular weight excluding hydrogens is 350 g/mol. The molecule has 2 N–H and O–H groups in total. The van der Waals surface area contributed by atoms with E-state index in [1.165, 1.54) is 5.56 Å². The van der Waals surface area contributed by atoms with Crippen molar-refractivity contribution in [3.05, 3.63) is 65.2 Å². The summed E-state index contributed by atoms with van der Waals surface area (Å²) in [6.45, 7) is 0. The topological polar surface area (TPSA) is 74.2 Å². The highest BCUT2D eigenvalue weighted by Gasteiger charge is 2.43. The van der Waals surface area contributed by atoms with Gasteiger partial charge in [-0.25, -0.2) is 4.79 Å². The van der Waals surface area contributed by atoms with Gasteiger partial charge in [0.05, 0.1) is 24.4 Å². The molecule has 1 spiro atoms. The smallest absolute Gasteiger partial charge is 0.323 e. The first kappa shape index (κ1) is 18.1. The van der Waals surface area contributed by atoms with E-state index in [9.17, 15) is 10.1 Å². The van der Waals surface area contributed by atoms with Crippen LogP contribution in [0.2, 0.25) is 0 Å². The van der Waals surface area contributed by atoms with Gasteiger partial charge in [0.2, 0.25) is 0 Å². The first-order valence-electron chi connectivity index (χ1n) is 9.60. The lowest BCUT2D eigenvalue weighted by atomic mass is 9.68. The third-order valence-corrected chi connectivity index (χ3v) is 5.83. The summed E-state index contributed by atoms with van der Waals surface area (Å²) in [6, 6.07) is 17.3. The van der Waals surface area contributed by atoms with E-state index in [-0.39, 0.29) is 11.4 Å². The monoisotopic (exact) mass is 373 g/mol. The van der Waals surface area contributed by atoms with Crippen molar-refractivity contribution in [2.24, 2.45) is 5.41 Å². The Morgan fingerprint density at radius 1 is 1.11 bits per heavy atom. The number of urea groups is 1. The number of benzene rings is 2. The lowest BCUT2D eigenvalue weighted by Crippen LogP contribution is -2.35. The van der Waals surface area contributed by atoms with Crippen molar-refractivity contribution in [2.45, 2.75) is 32.1 Å². The summed E-state index contributed by atoms with van der Waals surface area (Å²) in [6.07, 6.45) is 5.10. The molecule has 1 saturated carbocycles. The fraction of sp³-hybridized carbons (Fsp3) is 0.304. The molecule has 2 aliphatic rings. The normalized spacial score (nSPS) is 17.0. The van der Waals surface area contributed by atoms with Gasteiger partial charge in [0.1, 0.15) is 5.75 Å². The standard InChI is InChI=1S/C23H23N3O2/c1-28-18-9-6-8-17(13-18)25-22(27)26-21-19-10-3-2-7-16(19)14-23(20(21)15-24)11-4-5-12-23/h2-3,6-10,13H,4-5,11-12,14H2,1H3,(H2,25,26,27). The molecule has 1 fully saturated rings. The van der Waals surface area contributed by atoms with Gasteiger partial charge in [-0.1, -0.05) is 43.2 Å². The second-order valence-electron chi connectivity index (χ2n) is 7.49. The highest BCUT2D eigenvalue weighted by atomic mass is 16.5. The van der Waals surface area contributed by atoms with Gasteiger partial charge in [-0.15, -0.1) is 0 Å². The molecule has 0 bridgehead atoms. The zero-order valence-corrected chi connectivity index (χ0v) is 15.9. The number of rotatable bonds is 3. The Bertz CT molecular complexity index is 981. The molecule has 5 heteroatoms. The van der Waals surface area contributed by atoms with Crippen LogP contribution in [-0.2, 0) is 6.42 Å². The van der Waals surface area contributed by atoms with Crippen molar-refractivity contribution >= 4 is 17.4 Å². The Kier molecular flexibility index (Phi) is 4.79. The Morgan fingerprint density at radius 2 is 1.89 bits per heavy atom. The quantitative estimate of drug-likeness (QED) is 0.806. The van der Waals surface area contributed by atoms with Gasteiger partial charge >= 0.3 is 6.03 Å². The maximum absolute atomic E-state index is 12.7. The Hall–Kier alpha value is -3.26. The van der Waals surface area contributed by atoms with Crippen molar-refractivity contribution in [2.75, 3.05) is 12.4 Å². The van der Waals surface area contributed by atoms with Crippen molar-refractivity contribution in [1.82, 2.24) is 5.32 Å². The Morgan fingerprint density at radius 3 is 2.64 bits per heavy atom. The van der Waals surface area contributed by atoms with Crippen LogP contribution in [0.15, 0.2) is 54.1 Å². The number of carbonyl (C=O) groups is 1. The number of hydrogen-bond acceptors (Lipinski definition) is 3. The Balaban J connectivity index is 1.67. The maximum Gasteiger partial charge on any atom is 0.323 e. The highest BCUT2D eigenvalue weighted by molar-refractivity contribution is 5.97. The fourth-order valence-corrected chi connectivity index (χ4v) is 4.53. The minimum atomic E-state index is -0.360. The minimum Gasteiger partial charge on any atom is -0.497 e. The highest BCUT2D eigenvalue weighted by Crippen LogP contribution is 2.51. The summed E-state index contributed by atoms with van der Waals surface area (Å²) < 4.78 is 5.21. The number of nitriles is 1. The van der Waals surface area contributed by atoms with Crippen molar-refractivity contribution in [3.8, 4) is 11.8 Å². The average Bonchev–Trinajstić information content (AvgIpc) is 3.16. The van der Waals surface area contributed by atoms with Crippen LogP contribution < -0.4 is 15.4 Å². The zero-order valence-electron chi connectivity index (χ0n) is 15.9. The van der Waals surface area contributed by atoms with Gasteiger partial charge in [0, 0.05) is 22.7 Å². The summed E-state index contributed by atoms with van der Waals surface area (Å²) in [7, 11) is 1.59. The summed E-state index contributed by atoms with van der Waals surface area (Å²) in [5, 5.41) is 15.8. The molecule has 2 aromatic rings. The van der Waals surface area contributed by atoms with Crippen LogP contribution in [0.5, 0.6) is 5.75 Å². The summed E-state index contributed by atoms with van der Waals surface area (Å²) in [5.41, 5.74) is 3.98. The molecule has 0 heterocycles. The average molecular weight is 373 g/mol. The maximum atomic E-state index is 12.7. The van der Waals surface area contributed by atoms with Crippen molar-refractivity contribution in [1.29, 1.82) is 5.26 Å². The number of nitrogens with zero attached hydrogens (tertiary/aromatic N) is 1. The van der Waals surface area contributed by atoms with Crippen LogP contribution in [0.4, 0.5) is 10.5 Å². The van der Waals surface area contributed by atoms with Crippen molar-refractivity contribution < 1.29 is 9.53 Å². The van der Waals surface area contributed by atoms with Crippen LogP contribution in [0, 0.1) is 16.7 Å². The molecule has 4 rings (SSSR count). The molecule has 2 amide bonds. The number of methoxy groups -OCH3 is 1. The largest absolute Gasteiger partial charge is 0.497 e. The zero-order chi connectivity index (χ0) is 19.6. The van der Waals surface area contributed by atoms with E-state index >= 15 is 0 Å². The van der Waals surface area contributed by atoms with Gasteiger partial charge in [0.25, 0.3) is 0 Å². The molecule has 0 aromatic heterocycles. The number of anilines is 1. The molecular formula is C23H23N3O2. The van der Waals surface area contributed by atoms with Gasteiger partial charge in [-0.05, 0) is 37.0 Å². The van der Waals surface area contributed by atoms with E-state index < -0.39 is 0 Å². The molecule has 28 heavy (non-hydrogen) atoms. The van der Waals surface area contributed by atoms with Gasteiger partial charge in [0.15, 0.2) is 0 Å². The van der Waals surface area contributed by atoms with Gasteiger partial charge in [-0.3, -0.25) is 0 Å². The molecule has 0 unspecified atom stereocenters. The van der Waals surface area contributed by atoms with Crippen LogP contribution >= 0.6 is 0 Å². The SMILES string of the molecule is COc1cccc(NC(=O)NC2=C(C#N)C3(CCCC3)Cc3ccccc32)c1. The van der Waals surface area contributed by atoms with Crippen molar-refractivity contribution in [3.63, 3.8) is 0 Å². The summed E-state index contributed by atoms with van der Waals surface area (Å²) in [5.74, 6) is 0.669. The first-order valence-corrected chi connectivity index (χ1v) is 9.60. The number of hydrogen-bond donors (Lipinski definition) is 2. The number of allylic oxidation sites excluding steroid dienone is 1. The molecule has 0 aliphatic heterocycles. The molecule has 5 nitrogen and oxygen atoms in total. The third-order valence-electron chi connectivity index (χ3n) is 5.83. The van der Waals surface area contributed by atoms with Crippen LogP contribution in [0.1, 0.15) is 36.8 Å². The predicted molar refractivity (Wildman–Crippen MR) is 109 cm³/mol. The van der Waals surface area contributed by atoms with Crippen LogP contribution in [0.25, 0.3) is 5.70 Å². The minimum absolute atomic E-state index is 0.151. The second kappa shape index (κ2) is 7.40. The summed E-state index contributed by atoms with van der Waals surface area (Å²) in [4.78, 5) is 12.7. The van der Waals surface area contributed by atoms with Gasteiger partial charge < -0.3 is 15.4 Å². The van der Waals surface area contributed by atoms with Crippen LogP contribution in [0.3, 0.4) is 0 Å². The van der Waals surface area contributed by atoms with E-state index in [0.29, 0.717) is 22.7 Å². The van der Waals surface area contributed by atoms with Gasteiger partial charge in [-0.2, -0.15) is 5.26 Å². The fourth-order valence-electron chi connectivity index (χ4n) is 4.53. The molecule has 0 radical (unpaired) electrons. The molecule has 0 atom stereocenters. The lowest BCUT2D eigenvalue weighted by Gasteiger charge is -2.36. The van der Waals surface area contributed by atoms with E-state index in [0.717, 1.165) is 37.7 Å². The number of fused-ring (bicyclic) bond motifs is 1. The molecule has 2 aromatic carbocycles. The molecule has 0 saturated heterocycles. The number of carbonyl (C=O) groups excluding carboxylic acids is 1. The second-order valence-corrected chi connectivity index (χ2v) is 7.49. The third kappa shape index (κ3) is 3.22. The number of nitrogens with one attached hydrogen (secondary N) is 2. The summed E-state index contributed by atoms with van der Waals surface area (Å²) >= 11 is 0. The van der Waals surface area contributed by atoms with E-state index in [1.54, 1.807) is 19.2 Å². The van der Waals surface area contributed by atoms with E-state index in [1.807, 2.05) is 30.3 Å². The lowest BCUT2D eigenvalue weighted by molar-refractivity contribution is 0.255. The predicted octanol–water partition coefficient (Wildman–Crippen LogP) is 4.87. The molecule has 142 valence electrons. The van der Waals surface area contributed by atoms with E-state index in [4.69, 9.17) is 4.74 Å². The number of ether oxygens (including phenoxy) is 1. The molecule has 2 aliphatic carbocycles. The first-order chi connectivity index (χ1) is 13.6. The number of amides is 2. The Labute approximate surface area is 165 Å². The van der Waals surface area contributed by atoms with Crippen LogP contribution in [-0.4, -0.2) is 13.1 Å². The van der Waals surface area contributed by atoms with E-state index in [2.05, 4.69) is 22.8 Å².